The lowest BCUT2D eigenvalue weighted by Crippen LogP contribution is -3.14. The fourth-order valence-electron chi connectivity index (χ4n) is 2.10. The van der Waals surface area contributed by atoms with E-state index in [1.165, 1.54) is 0 Å². The quantitative estimate of drug-likeness (QED) is 0.758. The molecule has 0 radical (unpaired) electrons. The second kappa shape index (κ2) is 7.00. The molecule has 0 amide bonds. The lowest BCUT2D eigenvalue weighted by atomic mass is 10.2. The Morgan fingerprint density at radius 2 is 2.06 bits per heavy atom. The van der Waals surface area contributed by atoms with E-state index in [0.717, 1.165) is 39.3 Å². The molecule has 1 aliphatic heterocycles. The molecule has 4 nitrogen and oxygen atoms in total. The van der Waals surface area contributed by atoms with E-state index in [0.29, 0.717) is 17.9 Å². The van der Waals surface area contributed by atoms with Crippen molar-refractivity contribution < 1.29 is 14.4 Å². The molecule has 1 aromatic carbocycles. The van der Waals surface area contributed by atoms with Crippen LogP contribution in [-0.2, 0) is 4.74 Å². The molecule has 1 heterocycles. The normalized spacial score (nSPS) is 16.2. The van der Waals surface area contributed by atoms with Crippen molar-refractivity contribution in [3.63, 3.8) is 0 Å². The van der Waals surface area contributed by atoms with Gasteiger partial charge in [0.25, 0.3) is 0 Å². The van der Waals surface area contributed by atoms with Crippen molar-refractivity contribution in [3.05, 3.63) is 29.8 Å². The van der Waals surface area contributed by atoms with E-state index >= 15 is 0 Å². The van der Waals surface area contributed by atoms with E-state index in [9.17, 15) is 0 Å². The third-order valence-corrected chi connectivity index (χ3v) is 3.14. The van der Waals surface area contributed by atoms with Gasteiger partial charge in [0.15, 0.2) is 0 Å². The predicted molar refractivity (Wildman–Crippen MR) is 67.7 cm³/mol. The summed E-state index contributed by atoms with van der Waals surface area (Å²) in [5.74, 6) is 0.692. The highest BCUT2D eigenvalue weighted by Crippen LogP contribution is 2.16. The van der Waals surface area contributed by atoms with E-state index in [4.69, 9.17) is 14.7 Å². The molecular weight excluding hydrogens is 228 g/mol. The zero-order valence-corrected chi connectivity index (χ0v) is 10.5. The van der Waals surface area contributed by atoms with E-state index in [1.54, 1.807) is 11.0 Å². The molecule has 0 aliphatic carbocycles. The summed E-state index contributed by atoms with van der Waals surface area (Å²) in [6.45, 7) is 5.70. The summed E-state index contributed by atoms with van der Waals surface area (Å²) in [4.78, 5) is 1.58. The van der Waals surface area contributed by atoms with Crippen molar-refractivity contribution in [1.82, 2.24) is 0 Å². The van der Waals surface area contributed by atoms with Gasteiger partial charge in [-0.2, -0.15) is 5.26 Å². The largest absolute Gasteiger partial charge is 0.492 e. The van der Waals surface area contributed by atoms with E-state index in [-0.39, 0.29) is 0 Å². The number of hydrogen-bond donors (Lipinski definition) is 1. The monoisotopic (exact) mass is 247 g/mol. The molecule has 2 rings (SSSR count). The highest BCUT2D eigenvalue weighted by Gasteiger charge is 2.12. The molecule has 0 unspecified atom stereocenters. The highest BCUT2D eigenvalue weighted by atomic mass is 16.5. The Labute approximate surface area is 108 Å². The lowest BCUT2D eigenvalue weighted by molar-refractivity contribution is -0.908. The molecule has 1 saturated heterocycles. The molecule has 0 bridgehead atoms. The molecule has 0 atom stereocenters. The minimum absolute atomic E-state index is 0.608. The zero-order chi connectivity index (χ0) is 12.6. The number of morpholine rings is 1. The van der Waals surface area contributed by atoms with Gasteiger partial charge in [-0.05, 0) is 12.1 Å². The van der Waals surface area contributed by atoms with E-state index < -0.39 is 0 Å². The summed E-state index contributed by atoms with van der Waals surface area (Å²) in [6.07, 6.45) is 1.01. The Kier molecular flexibility index (Phi) is 5.00. The first kappa shape index (κ1) is 12.9. The summed E-state index contributed by atoms with van der Waals surface area (Å²) < 4.78 is 11.0. The van der Waals surface area contributed by atoms with E-state index in [2.05, 4.69) is 6.07 Å². The number of rotatable bonds is 5. The van der Waals surface area contributed by atoms with Crippen molar-refractivity contribution in [2.75, 3.05) is 39.5 Å². The smallest absolute Gasteiger partial charge is 0.137 e. The van der Waals surface area contributed by atoms with Crippen molar-refractivity contribution in [2.24, 2.45) is 0 Å². The van der Waals surface area contributed by atoms with Crippen LogP contribution in [0, 0.1) is 11.3 Å². The Bertz CT molecular complexity index is 409. The Balaban J connectivity index is 1.70. The maximum Gasteiger partial charge on any atom is 0.137 e. The number of nitrogens with zero attached hydrogens (tertiary/aromatic N) is 1. The topological polar surface area (TPSA) is 46.7 Å². The average molecular weight is 247 g/mol. The fourth-order valence-corrected chi connectivity index (χ4v) is 2.10. The number of quaternary nitrogens is 1. The molecule has 18 heavy (non-hydrogen) atoms. The van der Waals surface area contributed by atoms with Gasteiger partial charge in [-0.25, -0.2) is 0 Å². The van der Waals surface area contributed by atoms with Gasteiger partial charge in [-0.3, -0.25) is 0 Å². The van der Waals surface area contributed by atoms with Crippen molar-refractivity contribution in [1.29, 1.82) is 5.26 Å². The van der Waals surface area contributed by atoms with Gasteiger partial charge in [0, 0.05) is 6.42 Å². The molecule has 0 spiro atoms. The molecule has 1 N–H and O–H groups in total. The van der Waals surface area contributed by atoms with Gasteiger partial charge >= 0.3 is 0 Å². The molecule has 1 aliphatic rings. The molecular formula is C14H19N2O2+. The van der Waals surface area contributed by atoms with Crippen LogP contribution in [0.15, 0.2) is 24.3 Å². The van der Waals surface area contributed by atoms with E-state index in [1.807, 2.05) is 18.2 Å². The zero-order valence-electron chi connectivity index (χ0n) is 10.5. The van der Waals surface area contributed by atoms with Gasteiger partial charge in [0.1, 0.15) is 24.9 Å². The second-order valence-electron chi connectivity index (χ2n) is 4.42. The molecule has 96 valence electrons. The summed E-state index contributed by atoms with van der Waals surface area (Å²) in [5, 5.41) is 8.93. The van der Waals surface area contributed by atoms with Crippen molar-refractivity contribution >= 4 is 0 Å². The first-order valence-electron chi connectivity index (χ1n) is 6.43. The molecule has 1 aromatic rings. The molecule has 0 aromatic heterocycles. The van der Waals surface area contributed by atoms with Gasteiger partial charge in [-0.1, -0.05) is 12.1 Å². The first-order chi connectivity index (χ1) is 8.90. The van der Waals surface area contributed by atoms with Crippen LogP contribution < -0.4 is 9.64 Å². The predicted octanol–water partition coefficient (Wildman–Crippen LogP) is 0.242. The molecule has 4 heteroatoms. The third kappa shape index (κ3) is 3.73. The molecule has 1 fully saturated rings. The van der Waals surface area contributed by atoms with Crippen LogP contribution >= 0.6 is 0 Å². The van der Waals surface area contributed by atoms with Gasteiger partial charge in [-0.15, -0.1) is 0 Å². The Hall–Kier alpha value is -1.57. The van der Waals surface area contributed by atoms with Crippen molar-refractivity contribution in [2.45, 2.75) is 6.42 Å². The number of nitriles is 1. The SMILES string of the molecule is N#Cc1ccccc1OCCC[NH+]1CCOCC1. The number of benzene rings is 1. The van der Waals surface area contributed by atoms with Crippen LogP contribution in [0.1, 0.15) is 12.0 Å². The summed E-state index contributed by atoms with van der Waals surface area (Å²) in [7, 11) is 0. The van der Waals surface area contributed by atoms with Crippen LogP contribution in [0.4, 0.5) is 0 Å². The summed E-state index contributed by atoms with van der Waals surface area (Å²) in [6, 6.07) is 9.51. The summed E-state index contributed by atoms with van der Waals surface area (Å²) in [5.41, 5.74) is 0.608. The summed E-state index contributed by atoms with van der Waals surface area (Å²) >= 11 is 0. The number of para-hydroxylation sites is 1. The van der Waals surface area contributed by atoms with Gasteiger partial charge in [0.2, 0.25) is 0 Å². The lowest BCUT2D eigenvalue weighted by Gasteiger charge is -2.23. The van der Waals surface area contributed by atoms with Crippen LogP contribution in [0.5, 0.6) is 5.75 Å². The van der Waals surface area contributed by atoms with Crippen LogP contribution in [-0.4, -0.2) is 39.5 Å². The maximum absolute atomic E-state index is 8.93. The standard InChI is InChI=1S/C14H18N2O2/c15-12-13-4-1-2-5-14(13)18-9-3-6-16-7-10-17-11-8-16/h1-2,4-5H,3,6-11H2/p+1. The van der Waals surface area contributed by atoms with Gasteiger partial charge < -0.3 is 14.4 Å². The van der Waals surface area contributed by atoms with Crippen molar-refractivity contribution in [3.8, 4) is 11.8 Å². The fraction of sp³-hybridized carbons (Fsp3) is 0.500. The number of hydrogen-bond acceptors (Lipinski definition) is 3. The Morgan fingerprint density at radius 3 is 2.83 bits per heavy atom. The van der Waals surface area contributed by atoms with Crippen LogP contribution in [0.3, 0.4) is 0 Å². The Morgan fingerprint density at radius 1 is 1.28 bits per heavy atom. The minimum Gasteiger partial charge on any atom is -0.492 e. The third-order valence-electron chi connectivity index (χ3n) is 3.14. The maximum atomic E-state index is 8.93. The number of ether oxygens (including phenoxy) is 2. The van der Waals surface area contributed by atoms with Crippen LogP contribution in [0.25, 0.3) is 0 Å². The van der Waals surface area contributed by atoms with Crippen LogP contribution in [0.2, 0.25) is 0 Å². The highest BCUT2D eigenvalue weighted by molar-refractivity contribution is 5.42. The molecule has 0 saturated carbocycles. The average Bonchev–Trinajstić information content (AvgIpc) is 2.45. The first-order valence-corrected chi connectivity index (χ1v) is 6.43. The minimum atomic E-state index is 0.608. The second-order valence-corrected chi connectivity index (χ2v) is 4.42. The number of nitrogens with one attached hydrogen (secondary N) is 1. The van der Waals surface area contributed by atoms with Gasteiger partial charge in [0.05, 0.1) is 31.9 Å².